The van der Waals surface area contributed by atoms with Gasteiger partial charge < -0.3 is 15.7 Å². The summed E-state index contributed by atoms with van der Waals surface area (Å²) in [6.45, 7) is 5.06. The SMILES string of the molecule is CC(=O)Nc1cccc(NC(=O)c2ccc(C)cc2O)c1C. The van der Waals surface area contributed by atoms with Crippen molar-refractivity contribution in [2.24, 2.45) is 0 Å². The van der Waals surface area contributed by atoms with Crippen molar-refractivity contribution in [3.63, 3.8) is 0 Å². The molecule has 0 aliphatic rings. The van der Waals surface area contributed by atoms with Gasteiger partial charge in [0.2, 0.25) is 5.91 Å². The van der Waals surface area contributed by atoms with Crippen molar-refractivity contribution in [3.05, 3.63) is 53.1 Å². The molecule has 2 aromatic rings. The van der Waals surface area contributed by atoms with Crippen LogP contribution in [-0.2, 0) is 4.79 Å². The predicted octanol–water partition coefficient (Wildman–Crippen LogP) is 3.22. The summed E-state index contributed by atoms with van der Waals surface area (Å²) in [4.78, 5) is 23.4. The van der Waals surface area contributed by atoms with Crippen molar-refractivity contribution in [2.75, 3.05) is 10.6 Å². The van der Waals surface area contributed by atoms with Gasteiger partial charge in [-0.3, -0.25) is 9.59 Å². The van der Waals surface area contributed by atoms with Crippen LogP contribution >= 0.6 is 0 Å². The highest BCUT2D eigenvalue weighted by Crippen LogP contribution is 2.25. The van der Waals surface area contributed by atoms with Crippen LogP contribution in [0.25, 0.3) is 0 Å². The molecule has 2 amide bonds. The van der Waals surface area contributed by atoms with Crippen molar-refractivity contribution in [1.29, 1.82) is 0 Å². The van der Waals surface area contributed by atoms with E-state index >= 15 is 0 Å². The highest BCUT2D eigenvalue weighted by Gasteiger charge is 2.13. The van der Waals surface area contributed by atoms with E-state index in [1.165, 1.54) is 13.0 Å². The van der Waals surface area contributed by atoms with E-state index in [4.69, 9.17) is 0 Å². The molecule has 0 radical (unpaired) electrons. The summed E-state index contributed by atoms with van der Waals surface area (Å²) in [7, 11) is 0. The van der Waals surface area contributed by atoms with Crippen LogP contribution in [0.2, 0.25) is 0 Å². The number of aromatic hydroxyl groups is 1. The van der Waals surface area contributed by atoms with Crippen molar-refractivity contribution >= 4 is 23.2 Å². The van der Waals surface area contributed by atoms with Crippen molar-refractivity contribution in [3.8, 4) is 5.75 Å². The van der Waals surface area contributed by atoms with Crippen LogP contribution in [0, 0.1) is 13.8 Å². The normalized spacial score (nSPS) is 10.1. The topological polar surface area (TPSA) is 78.4 Å². The van der Waals surface area contributed by atoms with Gasteiger partial charge in [0, 0.05) is 18.3 Å². The van der Waals surface area contributed by atoms with Crippen LogP contribution in [-0.4, -0.2) is 16.9 Å². The molecular weight excluding hydrogens is 280 g/mol. The van der Waals surface area contributed by atoms with Crippen LogP contribution in [0.3, 0.4) is 0 Å². The number of anilines is 2. The molecule has 0 heterocycles. The first-order chi connectivity index (χ1) is 10.4. The Morgan fingerprint density at radius 2 is 1.64 bits per heavy atom. The number of phenols is 1. The highest BCUT2D eigenvalue weighted by molar-refractivity contribution is 6.07. The Morgan fingerprint density at radius 1 is 1.00 bits per heavy atom. The van der Waals surface area contributed by atoms with E-state index in [9.17, 15) is 14.7 Å². The van der Waals surface area contributed by atoms with Gasteiger partial charge in [0.1, 0.15) is 5.75 Å². The molecule has 0 saturated carbocycles. The fourth-order valence-electron chi connectivity index (χ4n) is 2.12. The number of amides is 2. The fraction of sp³-hybridized carbons (Fsp3) is 0.176. The summed E-state index contributed by atoms with van der Waals surface area (Å²) in [6.07, 6.45) is 0. The molecule has 0 spiro atoms. The van der Waals surface area contributed by atoms with E-state index in [2.05, 4.69) is 10.6 Å². The quantitative estimate of drug-likeness (QED) is 0.814. The van der Waals surface area contributed by atoms with E-state index in [0.29, 0.717) is 11.4 Å². The van der Waals surface area contributed by atoms with Gasteiger partial charge in [-0.1, -0.05) is 12.1 Å². The van der Waals surface area contributed by atoms with E-state index in [0.717, 1.165) is 11.1 Å². The standard InChI is InChI=1S/C17H18N2O3/c1-10-7-8-13(16(21)9-10)17(22)19-15-6-4-5-14(11(15)2)18-12(3)20/h4-9,21H,1-3H3,(H,18,20)(H,19,22). The Balaban J connectivity index is 2.27. The molecule has 0 fully saturated rings. The number of nitrogens with one attached hydrogen (secondary N) is 2. The molecule has 0 aliphatic carbocycles. The molecule has 2 rings (SSSR count). The molecule has 22 heavy (non-hydrogen) atoms. The third kappa shape index (κ3) is 3.44. The van der Waals surface area contributed by atoms with Crippen LogP contribution in [0.4, 0.5) is 11.4 Å². The Labute approximate surface area is 129 Å². The summed E-state index contributed by atoms with van der Waals surface area (Å²) in [5, 5.41) is 15.3. The lowest BCUT2D eigenvalue weighted by Gasteiger charge is -2.13. The number of benzene rings is 2. The molecule has 114 valence electrons. The predicted molar refractivity (Wildman–Crippen MR) is 86.3 cm³/mol. The van der Waals surface area contributed by atoms with E-state index < -0.39 is 5.91 Å². The lowest BCUT2D eigenvalue weighted by molar-refractivity contribution is -0.114. The maximum Gasteiger partial charge on any atom is 0.259 e. The van der Waals surface area contributed by atoms with Gasteiger partial charge in [-0.15, -0.1) is 0 Å². The minimum Gasteiger partial charge on any atom is -0.507 e. The minimum absolute atomic E-state index is 0.0619. The van der Waals surface area contributed by atoms with Crippen LogP contribution < -0.4 is 10.6 Å². The van der Waals surface area contributed by atoms with Gasteiger partial charge in [-0.2, -0.15) is 0 Å². The largest absolute Gasteiger partial charge is 0.507 e. The first-order valence-electron chi connectivity index (χ1n) is 6.86. The molecule has 5 nitrogen and oxygen atoms in total. The molecular formula is C17H18N2O3. The van der Waals surface area contributed by atoms with Crippen LogP contribution in [0.15, 0.2) is 36.4 Å². The van der Waals surface area contributed by atoms with Crippen molar-refractivity contribution < 1.29 is 14.7 Å². The highest BCUT2D eigenvalue weighted by atomic mass is 16.3. The summed E-state index contributed by atoms with van der Waals surface area (Å²) < 4.78 is 0. The third-order valence-electron chi connectivity index (χ3n) is 3.29. The zero-order valence-electron chi connectivity index (χ0n) is 12.7. The molecule has 0 aromatic heterocycles. The number of hydrogen-bond acceptors (Lipinski definition) is 3. The number of aryl methyl sites for hydroxylation is 1. The van der Waals surface area contributed by atoms with Gasteiger partial charge in [-0.05, 0) is 49.2 Å². The van der Waals surface area contributed by atoms with Crippen molar-refractivity contribution in [1.82, 2.24) is 0 Å². The van der Waals surface area contributed by atoms with Crippen LogP contribution in [0.1, 0.15) is 28.4 Å². The summed E-state index contributed by atoms with van der Waals surface area (Å²) in [6, 6.07) is 10.1. The lowest BCUT2D eigenvalue weighted by Crippen LogP contribution is -2.14. The maximum absolute atomic E-state index is 12.3. The van der Waals surface area contributed by atoms with E-state index in [1.54, 1.807) is 37.3 Å². The zero-order valence-corrected chi connectivity index (χ0v) is 12.7. The van der Waals surface area contributed by atoms with Gasteiger partial charge in [0.15, 0.2) is 0 Å². The molecule has 0 atom stereocenters. The second-order valence-corrected chi connectivity index (χ2v) is 5.13. The zero-order chi connectivity index (χ0) is 16.3. The number of carbonyl (C=O) groups excluding carboxylic acids is 2. The summed E-state index contributed by atoms with van der Waals surface area (Å²) in [5.41, 5.74) is 3.04. The molecule has 0 bridgehead atoms. The second-order valence-electron chi connectivity index (χ2n) is 5.13. The number of hydrogen-bond donors (Lipinski definition) is 3. The lowest BCUT2D eigenvalue weighted by atomic mass is 10.1. The number of phenolic OH excluding ortho intramolecular Hbond substituents is 1. The Kier molecular flexibility index (Phi) is 4.46. The van der Waals surface area contributed by atoms with Crippen molar-refractivity contribution in [2.45, 2.75) is 20.8 Å². The van der Waals surface area contributed by atoms with Gasteiger partial charge in [-0.25, -0.2) is 0 Å². The molecule has 2 aromatic carbocycles. The third-order valence-corrected chi connectivity index (χ3v) is 3.29. The maximum atomic E-state index is 12.3. The smallest absolute Gasteiger partial charge is 0.259 e. The van der Waals surface area contributed by atoms with E-state index in [1.807, 2.05) is 6.92 Å². The van der Waals surface area contributed by atoms with Gasteiger partial charge >= 0.3 is 0 Å². The monoisotopic (exact) mass is 298 g/mol. The number of carbonyl (C=O) groups is 2. The van der Waals surface area contributed by atoms with E-state index in [-0.39, 0.29) is 17.2 Å². The Morgan fingerprint density at radius 3 is 2.23 bits per heavy atom. The minimum atomic E-state index is -0.402. The Bertz CT molecular complexity index is 739. The average molecular weight is 298 g/mol. The molecule has 5 heteroatoms. The Hall–Kier alpha value is -2.82. The molecule has 0 unspecified atom stereocenters. The average Bonchev–Trinajstić information content (AvgIpc) is 2.42. The molecule has 0 aliphatic heterocycles. The van der Waals surface area contributed by atoms with Crippen LogP contribution in [0.5, 0.6) is 5.75 Å². The van der Waals surface area contributed by atoms with Gasteiger partial charge in [0.05, 0.1) is 5.56 Å². The van der Waals surface area contributed by atoms with Gasteiger partial charge in [0.25, 0.3) is 5.91 Å². The fourth-order valence-corrected chi connectivity index (χ4v) is 2.12. The summed E-state index contributed by atoms with van der Waals surface area (Å²) in [5.74, 6) is -0.642. The second kappa shape index (κ2) is 6.30. The first kappa shape index (κ1) is 15.6. The number of rotatable bonds is 3. The summed E-state index contributed by atoms with van der Waals surface area (Å²) >= 11 is 0. The molecule has 0 saturated heterocycles. The first-order valence-corrected chi connectivity index (χ1v) is 6.86. The molecule has 3 N–H and O–H groups in total.